The normalized spacial score (nSPS) is 12.3. The molecule has 0 unspecified atom stereocenters. The summed E-state index contributed by atoms with van der Waals surface area (Å²) in [4.78, 5) is 42.8. The second kappa shape index (κ2) is 12.5. The zero-order valence-corrected chi connectivity index (χ0v) is 26.1. The Balaban J connectivity index is 1.31. The molecule has 6 aromatic rings. The van der Waals surface area contributed by atoms with Gasteiger partial charge in [0.1, 0.15) is 11.5 Å². The highest BCUT2D eigenvalue weighted by Crippen LogP contribution is 2.56. The summed E-state index contributed by atoms with van der Waals surface area (Å²) in [5, 5.41) is 45.8. The first-order valence-corrected chi connectivity index (χ1v) is 15.2. The van der Waals surface area contributed by atoms with Gasteiger partial charge in [0.25, 0.3) is 11.4 Å². The molecule has 0 amide bonds. The van der Waals surface area contributed by atoms with Crippen LogP contribution in [0.4, 0.5) is 22.7 Å². The number of non-ortho nitro benzene ring substituents is 2. The molecule has 0 spiro atoms. The lowest BCUT2D eigenvalue weighted by Crippen LogP contribution is -2.28. The molecule has 51 heavy (non-hydrogen) atoms. The van der Waals surface area contributed by atoms with Gasteiger partial charge in [0.2, 0.25) is 11.5 Å². The summed E-state index contributed by atoms with van der Waals surface area (Å²) in [5.74, 6) is 0.208. The van der Waals surface area contributed by atoms with Gasteiger partial charge < -0.3 is 9.47 Å². The van der Waals surface area contributed by atoms with E-state index in [4.69, 9.17) is 9.47 Å². The van der Waals surface area contributed by atoms with Crippen LogP contribution >= 0.6 is 0 Å². The molecule has 0 bridgehead atoms. The molecule has 7 rings (SSSR count). The molecule has 14 nitrogen and oxygen atoms in total. The molecule has 0 radical (unpaired) electrons. The maximum Gasteiger partial charge on any atom is 0.318 e. The summed E-state index contributed by atoms with van der Waals surface area (Å²) >= 11 is 0. The number of ether oxygens (including phenoxy) is 2. The van der Waals surface area contributed by atoms with E-state index in [-0.39, 0.29) is 23.0 Å². The van der Waals surface area contributed by atoms with E-state index in [9.17, 15) is 40.5 Å². The molecule has 1 aliphatic carbocycles. The van der Waals surface area contributed by atoms with Gasteiger partial charge in [-0.2, -0.15) is 0 Å². The Kier molecular flexibility index (Phi) is 7.88. The lowest BCUT2D eigenvalue weighted by molar-refractivity contribution is -0.394. The molecule has 0 aromatic heterocycles. The number of nitrogens with zero attached hydrogens (tertiary/aromatic N) is 4. The van der Waals surface area contributed by atoms with Gasteiger partial charge in [-0.05, 0) is 69.8 Å². The standard InChI is InChI=1S/C37H22N4O10/c42-38(43)25-13-19-35(33(21-25)40(46)47)50-27-15-9-23(10-16-27)37(31-7-3-1-5-29(31)30-6-2-4-8-32(30)37)24-11-17-28(18-12-24)51-36-20-14-26(39(44)45)22-34(36)41(48)49/h1-22H. The smallest absolute Gasteiger partial charge is 0.318 e. The molecule has 250 valence electrons. The average molecular weight is 683 g/mol. The van der Waals surface area contributed by atoms with E-state index >= 15 is 0 Å². The maximum atomic E-state index is 11.7. The number of rotatable bonds is 10. The molecule has 0 N–H and O–H groups in total. The van der Waals surface area contributed by atoms with Crippen molar-refractivity contribution in [2.75, 3.05) is 0 Å². The van der Waals surface area contributed by atoms with Crippen LogP contribution < -0.4 is 9.47 Å². The van der Waals surface area contributed by atoms with Crippen molar-refractivity contribution in [1.82, 2.24) is 0 Å². The fourth-order valence-corrected chi connectivity index (χ4v) is 6.52. The molecular formula is C37H22N4O10. The zero-order chi connectivity index (χ0) is 35.9. The minimum absolute atomic E-state index is 0.159. The Bertz CT molecular complexity index is 2230. The van der Waals surface area contributed by atoms with Crippen molar-refractivity contribution in [3.63, 3.8) is 0 Å². The van der Waals surface area contributed by atoms with E-state index in [1.807, 2.05) is 72.8 Å². The van der Waals surface area contributed by atoms with E-state index in [0.717, 1.165) is 57.6 Å². The largest absolute Gasteiger partial charge is 0.450 e. The number of nitro benzene ring substituents is 4. The lowest BCUT2D eigenvalue weighted by atomic mass is 9.68. The van der Waals surface area contributed by atoms with Gasteiger partial charge in [-0.3, -0.25) is 40.5 Å². The van der Waals surface area contributed by atoms with E-state index in [0.29, 0.717) is 0 Å². The molecule has 0 heterocycles. The highest BCUT2D eigenvalue weighted by atomic mass is 16.6. The van der Waals surface area contributed by atoms with Gasteiger partial charge in [0.05, 0.1) is 37.2 Å². The van der Waals surface area contributed by atoms with Crippen LogP contribution in [-0.4, -0.2) is 19.7 Å². The third-order valence-electron chi connectivity index (χ3n) is 8.68. The molecule has 6 aromatic carbocycles. The van der Waals surface area contributed by atoms with Gasteiger partial charge in [0.15, 0.2) is 0 Å². The molecule has 0 fully saturated rings. The summed E-state index contributed by atoms with van der Waals surface area (Å²) in [7, 11) is 0. The fraction of sp³-hybridized carbons (Fsp3) is 0.0270. The quantitative estimate of drug-likeness (QED) is 0.0992. The third-order valence-corrected chi connectivity index (χ3v) is 8.68. The van der Waals surface area contributed by atoms with Crippen LogP contribution in [0.3, 0.4) is 0 Å². The van der Waals surface area contributed by atoms with Crippen molar-refractivity contribution in [1.29, 1.82) is 0 Å². The van der Waals surface area contributed by atoms with Crippen LogP contribution in [0.2, 0.25) is 0 Å². The van der Waals surface area contributed by atoms with Gasteiger partial charge in [-0.1, -0.05) is 72.8 Å². The van der Waals surface area contributed by atoms with Crippen molar-refractivity contribution in [3.8, 4) is 34.1 Å². The Morgan fingerprint density at radius 3 is 1.16 bits per heavy atom. The predicted octanol–water partition coefficient (Wildman–Crippen LogP) is 9.27. The molecule has 1 aliphatic rings. The molecule has 0 atom stereocenters. The van der Waals surface area contributed by atoms with Crippen molar-refractivity contribution in [3.05, 3.63) is 196 Å². The number of benzene rings is 6. The summed E-state index contributed by atoms with van der Waals surface area (Å²) in [6.07, 6.45) is 0. The van der Waals surface area contributed by atoms with Gasteiger partial charge in [-0.25, -0.2) is 0 Å². The topological polar surface area (TPSA) is 191 Å². The number of nitro groups is 4. The highest BCUT2D eigenvalue weighted by molar-refractivity contribution is 5.86. The van der Waals surface area contributed by atoms with Crippen LogP contribution in [0.5, 0.6) is 23.0 Å². The number of fused-ring (bicyclic) bond motifs is 3. The van der Waals surface area contributed by atoms with Crippen LogP contribution in [0.1, 0.15) is 22.3 Å². The predicted molar refractivity (Wildman–Crippen MR) is 183 cm³/mol. The summed E-state index contributed by atoms with van der Waals surface area (Å²) in [5.41, 5.74) is 2.78. The Hall–Kier alpha value is -7.48. The average Bonchev–Trinajstić information content (AvgIpc) is 3.43. The van der Waals surface area contributed by atoms with E-state index in [1.54, 1.807) is 24.3 Å². The summed E-state index contributed by atoms with van der Waals surface area (Å²) in [6, 6.07) is 36.3. The van der Waals surface area contributed by atoms with Crippen LogP contribution in [0.15, 0.2) is 133 Å². The molecule has 0 aliphatic heterocycles. The van der Waals surface area contributed by atoms with E-state index < -0.39 is 47.9 Å². The first kappa shape index (κ1) is 32.1. The Morgan fingerprint density at radius 1 is 0.431 bits per heavy atom. The highest BCUT2D eigenvalue weighted by Gasteiger charge is 2.46. The van der Waals surface area contributed by atoms with Crippen LogP contribution in [0.25, 0.3) is 11.1 Å². The monoisotopic (exact) mass is 682 g/mol. The number of hydrogen-bond acceptors (Lipinski definition) is 10. The van der Waals surface area contributed by atoms with E-state index in [1.165, 1.54) is 12.1 Å². The SMILES string of the molecule is O=[N+]([O-])c1ccc(Oc2ccc(C3(c4ccc(Oc5ccc([N+](=O)[O-])cc5[N+](=O)[O-])cc4)c4ccccc4-c4ccccc43)cc2)c([N+](=O)[O-])c1. The summed E-state index contributed by atoms with van der Waals surface area (Å²) < 4.78 is 11.7. The molecule has 0 saturated heterocycles. The molecular weight excluding hydrogens is 660 g/mol. The fourth-order valence-electron chi connectivity index (χ4n) is 6.52. The second-order valence-electron chi connectivity index (χ2n) is 11.4. The third kappa shape index (κ3) is 5.51. The first-order valence-electron chi connectivity index (χ1n) is 15.2. The van der Waals surface area contributed by atoms with Crippen LogP contribution in [0, 0.1) is 40.5 Å². The second-order valence-corrected chi connectivity index (χ2v) is 11.4. The van der Waals surface area contributed by atoms with Gasteiger partial charge in [0, 0.05) is 12.1 Å². The molecule has 0 saturated carbocycles. The van der Waals surface area contributed by atoms with Crippen LogP contribution in [-0.2, 0) is 5.41 Å². The number of hydrogen-bond donors (Lipinski definition) is 0. The van der Waals surface area contributed by atoms with E-state index in [2.05, 4.69) is 0 Å². The Morgan fingerprint density at radius 2 is 0.804 bits per heavy atom. The molecule has 14 heteroatoms. The van der Waals surface area contributed by atoms with Gasteiger partial charge >= 0.3 is 11.4 Å². The zero-order valence-electron chi connectivity index (χ0n) is 26.1. The maximum absolute atomic E-state index is 11.7. The van der Waals surface area contributed by atoms with Gasteiger partial charge in [-0.15, -0.1) is 0 Å². The first-order chi connectivity index (χ1) is 24.6. The Labute approximate surface area is 287 Å². The lowest BCUT2D eigenvalue weighted by Gasteiger charge is -2.34. The van der Waals surface area contributed by atoms with Crippen molar-refractivity contribution in [2.45, 2.75) is 5.41 Å². The minimum atomic E-state index is -0.872. The van der Waals surface area contributed by atoms with Crippen molar-refractivity contribution in [2.24, 2.45) is 0 Å². The minimum Gasteiger partial charge on any atom is -0.450 e. The summed E-state index contributed by atoms with van der Waals surface area (Å²) in [6.45, 7) is 0. The van der Waals surface area contributed by atoms with Crippen molar-refractivity contribution < 1.29 is 29.2 Å². The van der Waals surface area contributed by atoms with Crippen molar-refractivity contribution >= 4 is 22.7 Å².